The summed E-state index contributed by atoms with van der Waals surface area (Å²) in [7, 11) is 1.67. The van der Waals surface area contributed by atoms with Crippen LogP contribution in [0.2, 0.25) is 0 Å². The largest absolute Gasteiger partial charge is 0.501 e. The van der Waals surface area contributed by atoms with E-state index in [1.807, 2.05) is 19.9 Å². The maximum atomic E-state index is 11.3. The van der Waals surface area contributed by atoms with Crippen molar-refractivity contribution in [2.75, 3.05) is 7.11 Å². The third kappa shape index (κ3) is 3.05. The van der Waals surface area contributed by atoms with E-state index in [-0.39, 0.29) is 18.0 Å². The van der Waals surface area contributed by atoms with Crippen LogP contribution in [-0.4, -0.2) is 19.2 Å². The lowest BCUT2D eigenvalue weighted by Gasteiger charge is -2.22. The quantitative estimate of drug-likeness (QED) is 0.652. The number of hydrogen-bond donors (Lipinski definition) is 0. The van der Waals surface area contributed by atoms with Crippen molar-refractivity contribution in [1.82, 2.24) is 0 Å². The number of carbonyl (C=O) groups excluding carboxylic acids is 1. The molecule has 0 bridgehead atoms. The van der Waals surface area contributed by atoms with E-state index < -0.39 is 0 Å². The summed E-state index contributed by atoms with van der Waals surface area (Å²) in [4.78, 5) is 11.3. The topological polar surface area (TPSA) is 35.5 Å². The molecule has 0 fully saturated rings. The van der Waals surface area contributed by atoms with E-state index in [0.29, 0.717) is 0 Å². The monoisotopic (exact) mass is 198 g/mol. The number of carbonyl (C=O) groups is 1. The molecule has 0 N–H and O–H groups in total. The predicted octanol–water partition coefficient (Wildman–Crippen LogP) is 2.27. The first kappa shape index (κ1) is 11.1. The molecule has 1 atom stereocenters. The highest BCUT2D eigenvalue weighted by Crippen LogP contribution is 2.21. The van der Waals surface area contributed by atoms with Gasteiger partial charge in [-0.1, -0.05) is 13.8 Å². The first-order valence-electron chi connectivity index (χ1n) is 5.07. The molecule has 80 valence electrons. The zero-order valence-electron chi connectivity index (χ0n) is 9.08. The molecule has 0 unspecified atom stereocenters. The molecule has 3 heteroatoms. The van der Waals surface area contributed by atoms with Crippen molar-refractivity contribution in [2.45, 2.75) is 39.2 Å². The van der Waals surface area contributed by atoms with E-state index in [0.717, 1.165) is 25.0 Å². The number of hydrogen-bond acceptors (Lipinski definition) is 3. The number of rotatable bonds is 3. The zero-order chi connectivity index (χ0) is 10.6. The van der Waals surface area contributed by atoms with Gasteiger partial charge in [0.1, 0.15) is 6.10 Å². The van der Waals surface area contributed by atoms with Crippen LogP contribution in [0.3, 0.4) is 0 Å². The molecule has 0 aromatic rings. The number of methoxy groups -OCH3 is 1. The Morgan fingerprint density at radius 1 is 1.57 bits per heavy atom. The van der Waals surface area contributed by atoms with Gasteiger partial charge in [-0.2, -0.15) is 0 Å². The molecule has 0 aromatic heterocycles. The second-order valence-electron chi connectivity index (χ2n) is 3.86. The lowest BCUT2D eigenvalue weighted by atomic mass is 10.0. The standard InChI is InChI=1S/C11H18O3/c1-8(2)11(12)14-10-6-4-9(13-3)5-7-10/h4,8,10H,5-7H2,1-3H3/t10-/m1/s1. The highest BCUT2D eigenvalue weighted by molar-refractivity contribution is 5.71. The summed E-state index contributed by atoms with van der Waals surface area (Å²) in [5.74, 6) is 0.855. The van der Waals surface area contributed by atoms with Crippen molar-refractivity contribution < 1.29 is 14.3 Å². The second-order valence-corrected chi connectivity index (χ2v) is 3.86. The van der Waals surface area contributed by atoms with Crippen molar-refractivity contribution in [3.05, 3.63) is 11.8 Å². The van der Waals surface area contributed by atoms with E-state index >= 15 is 0 Å². The van der Waals surface area contributed by atoms with Gasteiger partial charge in [0.05, 0.1) is 18.8 Å². The van der Waals surface area contributed by atoms with Crippen molar-refractivity contribution in [3.63, 3.8) is 0 Å². The molecule has 0 aromatic carbocycles. The van der Waals surface area contributed by atoms with Crippen LogP contribution in [0.4, 0.5) is 0 Å². The number of ether oxygens (including phenoxy) is 2. The summed E-state index contributed by atoms with van der Waals surface area (Å²) in [5, 5.41) is 0. The van der Waals surface area contributed by atoms with Crippen LogP contribution in [0.1, 0.15) is 33.1 Å². The fourth-order valence-corrected chi connectivity index (χ4v) is 1.38. The fourth-order valence-electron chi connectivity index (χ4n) is 1.38. The average Bonchev–Trinajstić information content (AvgIpc) is 2.19. The normalized spacial score (nSPS) is 21.7. The molecule has 0 heterocycles. The summed E-state index contributed by atoms with van der Waals surface area (Å²) >= 11 is 0. The first-order valence-corrected chi connectivity index (χ1v) is 5.07. The highest BCUT2D eigenvalue weighted by atomic mass is 16.5. The van der Waals surface area contributed by atoms with E-state index in [1.54, 1.807) is 7.11 Å². The third-order valence-electron chi connectivity index (χ3n) is 2.34. The Morgan fingerprint density at radius 2 is 2.29 bits per heavy atom. The van der Waals surface area contributed by atoms with Crippen LogP contribution in [0.25, 0.3) is 0 Å². The van der Waals surface area contributed by atoms with Gasteiger partial charge in [-0.05, 0) is 12.5 Å². The van der Waals surface area contributed by atoms with Crippen molar-refractivity contribution >= 4 is 5.97 Å². The molecule has 0 saturated carbocycles. The summed E-state index contributed by atoms with van der Waals surface area (Å²) in [6, 6.07) is 0. The van der Waals surface area contributed by atoms with Gasteiger partial charge in [0.25, 0.3) is 0 Å². The van der Waals surface area contributed by atoms with Crippen LogP contribution in [0.5, 0.6) is 0 Å². The van der Waals surface area contributed by atoms with Crippen molar-refractivity contribution in [1.29, 1.82) is 0 Å². The molecule has 0 saturated heterocycles. The summed E-state index contributed by atoms with van der Waals surface area (Å²) in [6.45, 7) is 3.70. The molecular weight excluding hydrogens is 180 g/mol. The van der Waals surface area contributed by atoms with Gasteiger partial charge >= 0.3 is 5.97 Å². The Balaban J connectivity index is 2.36. The van der Waals surface area contributed by atoms with Crippen LogP contribution in [0.15, 0.2) is 11.8 Å². The average molecular weight is 198 g/mol. The van der Waals surface area contributed by atoms with E-state index in [2.05, 4.69) is 0 Å². The molecule has 0 aliphatic heterocycles. The maximum Gasteiger partial charge on any atom is 0.308 e. The minimum atomic E-state index is -0.107. The smallest absolute Gasteiger partial charge is 0.308 e. The minimum absolute atomic E-state index is 0.0391. The first-order chi connectivity index (χ1) is 6.63. The number of esters is 1. The Labute approximate surface area is 85.1 Å². The van der Waals surface area contributed by atoms with Gasteiger partial charge in [-0.3, -0.25) is 4.79 Å². The van der Waals surface area contributed by atoms with Gasteiger partial charge < -0.3 is 9.47 Å². The highest BCUT2D eigenvalue weighted by Gasteiger charge is 2.19. The summed E-state index contributed by atoms with van der Waals surface area (Å²) < 4.78 is 10.4. The van der Waals surface area contributed by atoms with Crippen LogP contribution < -0.4 is 0 Å². The molecule has 3 nitrogen and oxygen atoms in total. The van der Waals surface area contributed by atoms with Crippen LogP contribution in [-0.2, 0) is 14.3 Å². The summed E-state index contributed by atoms with van der Waals surface area (Å²) in [6.07, 6.45) is 4.57. The Hall–Kier alpha value is -0.990. The SMILES string of the molecule is COC1=CC[C@@H](OC(=O)C(C)C)CC1. The molecule has 0 amide bonds. The van der Waals surface area contributed by atoms with Gasteiger partial charge in [0.15, 0.2) is 0 Å². The molecular formula is C11H18O3. The molecule has 1 rings (SSSR count). The van der Waals surface area contributed by atoms with Crippen molar-refractivity contribution in [2.24, 2.45) is 5.92 Å². The van der Waals surface area contributed by atoms with Gasteiger partial charge in [0, 0.05) is 12.8 Å². The Kier molecular flexibility index (Phi) is 3.98. The van der Waals surface area contributed by atoms with Crippen LogP contribution in [0, 0.1) is 5.92 Å². The minimum Gasteiger partial charge on any atom is -0.501 e. The van der Waals surface area contributed by atoms with Crippen molar-refractivity contribution in [3.8, 4) is 0 Å². The maximum absolute atomic E-state index is 11.3. The fraction of sp³-hybridized carbons (Fsp3) is 0.727. The zero-order valence-corrected chi connectivity index (χ0v) is 9.08. The Bertz CT molecular complexity index is 231. The molecule has 1 aliphatic carbocycles. The lowest BCUT2D eigenvalue weighted by Crippen LogP contribution is -2.23. The second kappa shape index (κ2) is 5.03. The molecule has 1 aliphatic rings. The summed E-state index contributed by atoms with van der Waals surface area (Å²) in [5.41, 5.74) is 0. The van der Waals surface area contributed by atoms with E-state index in [1.165, 1.54) is 0 Å². The van der Waals surface area contributed by atoms with E-state index in [4.69, 9.17) is 9.47 Å². The molecule has 14 heavy (non-hydrogen) atoms. The Morgan fingerprint density at radius 3 is 2.71 bits per heavy atom. The van der Waals surface area contributed by atoms with E-state index in [9.17, 15) is 4.79 Å². The van der Waals surface area contributed by atoms with Gasteiger partial charge in [-0.25, -0.2) is 0 Å². The number of allylic oxidation sites excluding steroid dienone is 1. The van der Waals surface area contributed by atoms with Gasteiger partial charge in [-0.15, -0.1) is 0 Å². The third-order valence-corrected chi connectivity index (χ3v) is 2.34. The molecule has 0 radical (unpaired) electrons. The van der Waals surface area contributed by atoms with Gasteiger partial charge in [0.2, 0.25) is 0 Å². The van der Waals surface area contributed by atoms with Crippen LogP contribution >= 0.6 is 0 Å². The predicted molar refractivity (Wildman–Crippen MR) is 53.7 cm³/mol. The molecule has 0 spiro atoms. The lowest BCUT2D eigenvalue weighted by molar-refractivity contribution is -0.153.